The SMILES string of the molecule is Cn1cccc1C(=O)Nc1ccc(F)c(C#CCCO)c1. The molecule has 0 atom stereocenters. The Morgan fingerprint density at radius 1 is 1.43 bits per heavy atom. The Morgan fingerprint density at radius 2 is 2.24 bits per heavy atom. The number of anilines is 1. The highest BCUT2D eigenvalue weighted by molar-refractivity contribution is 6.03. The predicted molar refractivity (Wildman–Crippen MR) is 78.3 cm³/mol. The van der Waals surface area contributed by atoms with Gasteiger partial charge in [-0.1, -0.05) is 11.8 Å². The van der Waals surface area contributed by atoms with Crippen LogP contribution in [0.2, 0.25) is 0 Å². The summed E-state index contributed by atoms with van der Waals surface area (Å²) < 4.78 is 15.3. The lowest BCUT2D eigenvalue weighted by molar-refractivity contribution is 0.101. The van der Waals surface area contributed by atoms with Crippen LogP contribution in [-0.4, -0.2) is 22.2 Å². The zero-order chi connectivity index (χ0) is 15.2. The summed E-state index contributed by atoms with van der Waals surface area (Å²) in [6, 6.07) is 7.67. The van der Waals surface area contributed by atoms with E-state index < -0.39 is 5.82 Å². The summed E-state index contributed by atoms with van der Waals surface area (Å²) in [5.41, 5.74) is 1.16. The molecule has 2 rings (SSSR count). The molecule has 0 unspecified atom stereocenters. The van der Waals surface area contributed by atoms with Crippen LogP contribution in [0.15, 0.2) is 36.5 Å². The molecule has 0 radical (unpaired) electrons. The van der Waals surface area contributed by atoms with Crippen LogP contribution in [0.3, 0.4) is 0 Å². The average molecular weight is 286 g/mol. The van der Waals surface area contributed by atoms with E-state index in [1.54, 1.807) is 29.9 Å². The third kappa shape index (κ3) is 3.71. The number of hydrogen-bond donors (Lipinski definition) is 2. The number of amides is 1. The second-order valence-corrected chi connectivity index (χ2v) is 4.43. The molecule has 0 aliphatic carbocycles. The first-order valence-corrected chi connectivity index (χ1v) is 6.44. The fourth-order valence-corrected chi connectivity index (χ4v) is 1.80. The second-order valence-electron chi connectivity index (χ2n) is 4.43. The van der Waals surface area contributed by atoms with E-state index in [0.717, 1.165) is 0 Å². The summed E-state index contributed by atoms with van der Waals surface area (Å²) in [5.74, 6) is 4.55. The lowest BCUT2D eigenvalue weighted by Gasteiger charge is -2.07. The lowest BCUT2D eigenvalue weighted by Crippen LogP contribution is -2.15. The van der Waals surface area contributed by atoms with E-state index >= 15 is 0 Å². The molecule has 1 aromatic carbocycles. The van der Waals surface area contributed by atoms with Crippen LogP contribution in [-0.2, 0) is 7.05 Å². The van der Waals surface area contributed by atoms with Gasteiger partial charge in [0.1, 0.15) is 11.5 Å². The molecule has 2 aromatic rings. The minimum absolute atomic E-state index is 0.0709. The number of aromatic nitrogens is 1. The minimum Gasteiger partial charge on any atom is -0.395 e. The van der Waals surface area contributed by atoms with Crippen LogP contribution in [0, 0.1) is 17.7 Å². The van der Waals surface area contributed by atoms with Crippen LogP contribution in [0.25, 0.3) is 0 Å². The molecule has 21 heavy (non-hydrogen) atoms. The first kappa shape index (κ1) is 14.8. The molecule has 0 aliphatic heterocycles. The molecule has 1 amide bonds. The number of benzene rings is 1. The van der Waals surface area contributed by atoms with E-state index in [1.807, 2.05) is 0 Å². The largest absolute Gasteiger partial charge is 0.395 e. The zero-order valence-electron chi connectivity index (χ0n) is 11.6. The van der Waals surface area contributed by atoms with Crippen LogP contribution in [0.5, 0.6) is 0 Å². The van der Waals surface area contributed by atoms with Gasteiger partial charge in [0.15, 0.2) is 0 Å². The molecule has 0 saturated carbocycles. The molecule has 0 bridgehead atoms. The molecule has 0 fully saturated rings. The van der Waals surface area contributed by atoms with Crippen LogP contribution < -0.4 is 5.32 Å². The number of rotatable bonds is 3. The number of aliphatic hydroxyl groups is 1. The van der Waals surface area contributed by atoms with Crippen LogP contribution >= 0.6 is 0 Å². The second kappa shape index (κ2) is 6.73. The van der Waals surface area contributed by atoms with Crippen LogP contribution in [0.4, 0.5) is 10.1 Å². The number of nitrogens with zero attached hydrogens (tertiary/aromatic N) is 1. The predicted octanol–water partition coefficient (Wildman–Crippen LogP) is 2.15. The molecule has 4 nitrogen and oxygen atoms in total. The number of carbonyl (C=O) groups is 1. The van der Waals surface area contributed by atoms with Crippen molar-refractivity contribution in [2.45, 2.75) is 6.42 Å². The van der Waals surface area contributed by atoms with Gasteiger partial charge in [-0.3, -0.25) is 4.79 Å². The highest BCUT2D eigenvalue weighted by atomic mass is 19.1. The van der Waals surface area contributed by atoms with E-state index in [1.165, 1.54) is 18.2 Å². The molecule has 0 spiro atoms. The molecule has 1 heterocycles. The number of aliphatic hydroxyl groups excluding tert-OH is 1. The molecule has 108 valence electrons. The highest BCUT2D eigenvalue weighted by Crippen LogP contribution is 2.15. The normalized spacial score (nSPS) is 9.86. The van der Waals surface area contributed by atoms with E-state index in [4.69, 9.17) is 5.11 Å². The van der Waals surface area contributed by atoms with Crippen molar-refractivity contribution >= 4 is 11.6 Å². The smallest absolute Gasteiger partial charge is 0.272 e. The quantitative estimate of drug-likeness (QED) is 0.849. The van der Waals surface area contributed by atoms with E-state index in [-0.39, 0.29) is 24.5 Å². The third-order valence-corrected chi connectivity index (χ3v) is 2.86. The van der Waals surface area contributed by atoms with Crippen LogP contribution in [0.1, 0.15) is 22.5 Å². The third-order valence-electron chi connectivity index (χ3n) is 2.86. The number of nitrogens with one attached hydrogen (secondary N) is 1. The Balaban J connectivity index is 2.18. The molecule has 2 N–H and O–H groups in total. The van der Waals surface area contributed by atoms with Gasteiger partial charge in [-0.25, -0.2) is 4.39 Å². The highest BCUT2D eigenvalue weighted by Gasteiger charge is 2.10. The lowest BCUT2D eigenvalue weighted by atomic mass is 10.2. The first-order valence-electron chi connectivity index (χ1n) is 6.44. The fourth-order valence-electron chi connectivity index (χ4n) is 1.80. The Morgan fingerprint density at radius 3 is 2.90 bits per heavy atom. The van der Waals surface area contributed by atoms with Gasteiger partial charge in [0.2, 0.25) is 0 Å². The summed E-state index contributed by atoms with van der Waals surface area (Å²) in [5, 5.41) is 11.4. The number of carbonyl (C=O) groups excluding carboxylic acids is 1. The maximum absolute atomic E-state index is 13.6. The Hall–Kier alpha value is -2.58. The van der Waals surface area contributed by atoms with E-state index in [0.29, 0.717) is 11.4 Å². The number of halogens is 1. The molecular formula is C16H15FN2O2. The van der Waals surface area contributed by atoms with E-state index in [9.17, 15) is 9.18 Å². The van der Waals surface area contributed by atoms with Crippen molar-refractivity contribution in [2.75, 3.05) is 11.9 Å². The standard InChI is InChI=1S/C16H15FN2O2/c1-19-9-4-6-15(19)16(21)18-13-7-8-14(17)12(11-13)5-2-3-10-20/h4,6-9,11,20H,3,10H2,1H3,(H,18,21). The molecule has 5 heteroatoms. The van der Waals surface area contributed by atoms with Crippen molar-refractivity contribution in [1.82, 2.24) is 4.57 Å². The molecule has 0 aliphatic rings. The van der Waals surface area contributed by atoms with Gasteiger partial charge in [-0.2, -0.15) is 0 Å². The summed E-state index contributed by atoms with van der Waals surface area (Å²) in [4.78, 5) is 12.1. The molecule has 1 aromatic heterocycles. The maximum Gasteiger partial charge on any atom is 0.272 e. The summed E-state index contributed by atoms with van der Waals surface area (Å²) in [6.07, 6.45) is 2.05. The topological polar surface area (TPSA) is 54.3 Å². The number of hydrogen-bond acceptors (Lipinski definition) is 2. The van der Waals surface area contributed by atoms with Gasteiger partial charge >= 0.3 is 0 Å². The summed E-state index contributed by atoms with van der Waals surface area (Å²) in [7, 11) is 1.77. The molecular weight excluding hydrogens is 271 g/mol. The first-order chi connectivity index (χ1) is 10.1. The minimum atomic E-state index is -0.461. The summed E-state index contributed by atoms with van der Waals surface area (Å²) >= 11 is 0. The Kier molecular flexibility index (Phi) is 4.75. The Labute approximate surface area is 122 Å². The number of aryl methyl sites for hydroxylation is 1. The zero-order valence-corrected chi connectivity index (χ0v) is 11.6. The van der Waals surface area contributed by atoms with Crippen molar-refractivity contribution in [2.24, 2.45) is 7.05 Å². The molecule has 0 saturated heterocycles. The summed E-state index contributed by atoms with van der Waals surface area (Å²) in [6.45, 7) is -0.0709. The van der Waals surface area contributed by atoms with Crippen molar-refractivity contribution in [3.05, 3.63) is 53.6 Å². The van der Waals surface area contributed by atoms with Crippen molar-refractivity contribution in [3.63, 3.8) is 0 Å². The van der Waals surface area contributed by atoms with Crippen molar-refractivity contribution in [1.29, 1.82) is 0 Å². The van der Waals surface area contributed by atoms with Gasteiger partial charge in [-0.05, 0) is 30.3 Å². The fraction of sp³-hybridized carbons (Fsp3) is 0.188. The van der Waals surface area contributed by atoms with Gasteiger partial charge < -0.3 is 15.0 Å². The average Bonchev–Trinajstić information content (AvgIpc) is 2.89. The maximum atomic E-state index is 13.6. The Bertz CT molecular complexity index is 711. The van der Waals surface area contributed by atoms with Gasteiger partial charge in [0.25, 0.3) is 5.91 Å². The van der Waals surface area contributed by atoms with E-state index in [2.05, 4.69) is 17.2 Å². The van der Waals surface area contributed by atoms with Crippen molar-refractivity contribution in [3.8, 4) is 11.8 Å². The van der Waals surface area contributed by atoms with Gasteiger partial charge in [0, 0.05) is 25.4 Å². The van der Waals surface area contributed by atoms with Gasteiger partial charge in [0.05, 0.1) is 12.2 Å². The van der Waals surface area contributed by atoms with Crippen molar-refractivity contribution < 1.29 is 14.3 Å². The van der Waals surface area contributed by atoms with Gasteiger partial charge in [-0.15, -0.1) is 0 Å². The monoisotopic (exact) mass is 286 g/mol.